The average molecular weight is 457 g/mol. The Morgan fingerprint density at radius 1 is 1.12 bits per heavy atom. The fourth-order valence-electron chi connectivity index (χ4n) is 6.31. The Labute approximate surface area is 192 Å². The van der Waals surface area contributed by atoms with Gasteiger partial charge in [0, 0.05) is 31.7 Å². The summed E-state index contributed by atoms with van der Waals surface area (Å²) >= 11 is 0. The number of ether oxygens (including phenoxy) is 1. The number of rotatable bonds is 10. The number of benzene rings is 1. The molecule has 3 aliphatic carbocycles. The van der Waals surface area contributed by atoms with Crippen LogP contribution >= 0.6 is 0 Å². The highest BCUT2D eigenvalue weighted by Gasteiger charge is 2.66. The van der Waals surface area contributed by atoms with E-state index in [2.05, 4.69) is 10.2 Å². The number of halogens is 2. The molecule has 0 saturated heterocycles. The summed E-state index contributed by atoms with van der Waals surface area (Å²) < 4.78 is 34.4. The van der Waals surface area contributed by atoms with Gasteiger partial charge in [0.2, 0.25) is 5.91 Å². The zero-order chi connectivity index (χ0) is 23.1. The number of amides is 1. The number of hydrazone groups is 1. The van der Waals surface area contributed by atoms with Crippen LogP contribution in [0.15, 0.2) is 35.7 Å². The first-order chi connectivity index (χ1) is 15.9. The number of aromatic nitrogens is 2. The van der Waals surface area contributed by atoms with Crippen molar-refractivity contribution < 1.29 is 18.3 Å². The highest BCUT2D eigenvalue weighted by Crippen LogP contribution is 2.75. The van der Waals surface area contributed by atoms with Crippen molar-refractivity contribution in [1.82, 2.24) is 14.8 Å². The van der Waals surface area contributed by atoms with Gasteiger partial charge in [0.1, 0.15) is 11.6 Å². The van der Waals surface area contributed by atoms with Crippen molar-refractivity contribution in [3.63, 3.8) is 0 Å². The van der Waals surface area contributed by atoms with Crippen LogP contribution in [0.4, 0.5) is 8.78 Å². The Kier molecular flexibility index (Phi) is 5.70. The lowest BCUT2D eigenvalue weighted by Gasteiger charge is -2.71. The molecule has 1 aromatic carbocycles. The van der Waals surface area contributed by atoms with E-state index in [0.29, 0.717) is 29.2 Å². The molecule has 6 nitrogen and oxygen atoms in total. The third-order valence-corrected chi connectivity index (χ3v) is 7.55. The molecule has 1 amide bonds. The van der Waals surface area contributed by atoms with Gasteiger partial charge >= 0.3 is 0 Å². The summed E-state index contributed by atoms with van der Waals surface area (Å²) in [5.74, 6) is -0.550. The Bertz CT molecular complexity index is 1030. The van der Waals surface area contributed by atoms with Gasteiger partial charge < -0.3 is 4.74 Å². The SMILES string of the molecule is COc1cnn(CC23CC(CCCCCC(=O)N4N=CCC4c4cc(F)cc(F)c4)(C2)C3)c1. The summed E-state index contributed by atoms with van der Waals surface area (Å²) in [6.07, 6.45) is 14.2. The number of hydrogen-bond acceptors (Lipinski definition) is 4. The topological polar surface area (TPSA) is 59.7 Å². The zero-order valence-corrected chi connectivity index (χ0v) is 19.0. The largest absolute Gasteiger partial charge is 0.493 e. The van der Waals surface area contributed by atoms with E-state index in [-0.39, 0.29) is 5.91 Å². The molecule has 6 rings (SSSR count). The lowest BCUT2D eigenvalue weighted by Crippen LogP contribution is -2.63. The molecule has 8 heteroatoms. The predicted octanol–water partition coefficient (Wildman–Crippen LogP) is 5.25. The van der Waals surface area contributed by atoms with E-state index in [4.69, 9.17) is 4.74 Å². The normalized spacial score (nSPS) is 27.4. The van der Waals surface area contributed by atoms with Crippen LogP contribution in [0.3, 0.4) is 0 Å². The summed E-state index contributed by atoms with van der Waals surface area (Å²) in [5, 5.41) is 9.94. The second-order valence-electron chi connectivity index (χ2n) is 10.2. The molecule has 1 aromatic heterocycles. The van der Waals surface area contributed by atoms with E-state index in [0.717, 1.165) is 37.6 Å². The lowest BCUT2D eigenvalue weighted by atomic mass is 9.34. The molecule has 1 atom stereocenters. The molecule has 176 valence electrons. The predicted molar refractivity (Wildman–Crippen MR) is 120 cm³/mol. The van der Waals surface area contributed by atoms with Crippen LogP contribution in [0.5, 0.6) is 5.75 Å². The van der Waals surface area contributed by atoms with E-state index in [9.17, 15) is 13.6 Å². The monoisotopic (exact) mass is 456 g/mol. The number of hydrogen-bond donors (Lipinski definition) is 0. The molecule has 33 heavy (non-hydrogen) atoms. The Hall–Kier alpha value is -2.77. The number of unbranched alkanes of at least 4 members (excludes halogenated alkanes) is 2. The smallest absolute Gasteiger partial charge is 0.243 e. The maximum Gasteiger partial charge on any atom is 0.243 e. The van der Waals surface area contributed by atoms with Gasteiger partial charge in [-0.3, -0.25) is 9.48 Å². The Balaban J connectivity index is 1.02. The van der Waals surface area contributed by atoms with Gasteiger partial charge in [-0.1, -0.05) is 12.8 Å². The van der Waals surface area contributed by atoms with Crippen LogP contribution in [0, 0.1) is 22.5 Å². The van der Waals surface area contributed by atoms with Gasteiger partial charge in [0.15, 0.2) is 5.75 Å². The number of carbonyl (C=O) groups is 1. The van der Waals surface area contributed by atoms with Crippen LogP contribution < -0.4 is 4.74 Å². The molecule has 3 saturated carbocycles. The van der Waals surface area contributed by atoms with Gasteiger partial charge in [-0.05, 0) is 60.6 Å². The molecular weight excluding hydrogens is 426 g/mol. The van der Waals surface area contributed by atoms with Gasteiger partial charge in [-0.2, -0.15) is 10.2 Å². The molecule has 1 aliphatic heterocycles. The second kappa shape index (κ2) is 8.54. The maximum atomic E-state index is 13.6. The number of methoxy groups -OCH3 is 1. The van der Waals surface area contributed by atoms with Crippen molar-refractivity contribution in [2.45, 2.75) is 70.4 Å². The highest BCUT2D eigenvalue weighted by molar-refractivity contribution is 5.79. The Morgan fingerprint density at radius 3 is 2.58 bits per heavy atom. The molecule has 4 aliphatic rings. The lowest BCUT2D eigenvalue weighted by molar-refractivity contribution is -0.217. The Morgan fingerprint density at radius 2 is 1.88 bits per heavy atom. The van der Waals surface area contributed by atoms with Crippen molar-refractivity contribution in [3.05, 3.63) is 47.8 Å². The summed E-state index contributed by atoms with van der Waals surface area (Å²) in [6, 6.07) is 2.98. The minimum Gasteiger partial charge on any atom is -0.493 e. The van der Waals surface area contributed by atoms with Crippen molar-refractivity contribution in [2.24, 2.45) is 15.9 Å². The molecule has 2 aromatic rings. The van der Waals surface area contributed by atoms with Gasteiger partial charge in [0.05, 0.1) is 25.5 Å². The van der Waals surface area contributed by atoms with Crippen molar-refractivity contribution in [1.29, 1.82) is 0 Å². The van der Waals surface area contributed by atoms with E-state index < -0.39 is 17.7 Å². The van der Waals surface area contributed by atoms with E-state index in [1.165, 1.54) is 42.8 Å². The van der Waals surface area contributed by atoms with Gasteiger partial charge in [-0.25, -0.2) is 13.8 Å². The van der Waals surface area contributed by atoms with Gasteiger partial charge in [-0.15, -0.1) is 0 Å². The molecule has 0 N–H and O–H groups in total. The van der Waals surface area contributed by atoms with Crippen LogP contribution in [0.2, 0.25) is 0 Å². The molecule has 3 fully saturated rings. The number of carbonyl (C=O) groups excluding carboxylic acids is 1. The van der Waals surface area contributed by atoms with Gasteiger partial charge in [0.25, 0.3) is 0 Å². The summed E-state index contributed by atoms with van der Waals surface area (Å²) in [6.45, 7) is 0.972. The summed E-state index contributed by atoms with van der Waals surface area (Å²) in [7, 11) is 1.66. The molecular formula is C25H30F2N4O2. The van der Waals surface area contributed by atoms with E-state index >= 15 is 0 Å². The first kappa shape index (κ1) is 22.0. The number of nitrogens with zero attached hydrogens (tertiary/aromatic N) is 4. The van der Waals surface area contributed by atoms with Crippen LogP contribution in [-0.2, 0) is 11.3 Å². The zero-order valence-electron chi connectivity index (χ0n) is 19.0. The minimum atomic E-state index is -0.635. The fourth-order valence-corrected chi connectivity index (χ4v) is 6.31. The molecule has 0 radical (unpaired) electrons. The third kappa shape index (κ3) is 4.39. The van der Waals surface area contributed by atoms with Crippen molar-refractivity contribution >= 4 is 12.1 Å². The molecule has 2 bridgehead atoms. The second-order valence-corrected chi connectivity index (χ2v) is 10.2. The first-order valence-electron chi connectivity index (χ1n) is 11.8. The third-order valence-electron chi connectivity index (χ3n) is 7.55. The highest BCUT2D eigenvalue weighted by atomic mass is 19.1. The van der Waals surface area contributed by atoms with E-state index in [1.807, 2.05) is 10.9 Å². The maximum absolute atomic E-state index is 13.6. The summed E-state index contributed by atoms with van der Waals surface area (Å²) in [4.78, 5) is 12.7. The standard InChI is InChI=1S/C25H30F2N4O2/c1-33-21-12-29-30(13-21)17-25-14-24(15-25,16-25)7-4-2-3-5-23(32)31-22(6-8-28-31)18-9-19(26)11-20(27)10-18/h8-13,22H,2-7,14-17H2,1H3. The van der Waals surface area contributed by atoms with Crippen LogP contribution in [-0.4, -0.2) is 34.0 Å². The summed E-state index contributed by atoms with van der Waals surface area (Å²) in [5.41, 5.74) is 1.38. The first-order valence-corrected chi connectivity index (χ1v) is 11.8. The van der Waals surface area contributed by atoms with E-state index in [1.54, 1.807) is 19.5 Å². The molecule has 2 heterocycles. The van der Waals surface area contributed by atoms with Crippen molar-refractivity contribution in [2.75, 3.05) is 7.11 Å². The van der Waals surface area contributed by atoms with Crippen LogP contribution in [0.1, 0.15) is 69.4 Å². The minimum absolute atomic E-state index is 0.0856. The van der Waals surface area contributed by atoms with Crippen LogP contribution in [0.25, 0.3) is 0 Å². The van der Waals surface area contributed by atoms with Crippen molar-refractivity contribution in [3.8, 4) is 5.75 Å². The fraction of sp³-hybridized carbons (Fsp3) is 0.560. The molecule has 1 unspecified atom stereocenters. The quantitative estimate of drug-likeness (QED) is 0.459. The molecule has 0 spiro atoms. The average Bonchev–Trinajstić information content (AvgIpc) is 3.39.